The summed E-state index contributed by atoms with van der Waals surface area (Å²) in [7, 11) is 0. The van der Waals surface area contributed by atoms with E-state index in [1.807, 2.05) is 24.5 Å². The molecule has 0 fully saturated rings. The Morgan fingerprint density at radius 2 is 2.19 bits per heavy atom. The summed E-state index contributed by atoms with van der Waals surface area (Å²) in [5.74, 6) is 1.27. The van der Waals surface area contributed by atoms with Crippen LogP contribution < -0.4 is 10.5 Å². The van der Waals surface area contributed by atoms with Crippen LogP contribution >= 0.6 is 24.0 Å². The minimum absolute atomic E-state index is 0.392. The maximum absolute atomic E-state index is 5.74. The first kappa shape index (κ1) is 13.3. The lowest BCUT2D eigenvalue weighted by Gasteiger charge is -2.14. The molecule has 0 aromatic heterocycles. The maximum atomic E-state index is 5.74. The van der Waals surface area contributed by atoms with Gasteiger partial charge in [0.1, 0.15) is 10.7 Å². The summed E-state index contributed by atoms with van der Waals surface area (Å²) in [6, 6.07) is 5.88. The van der Waals surface area contributed by atoms with Crippen molar-refractivity contribution < 1.29 is 4.74 Å². The van der Waals surface area contributed by atoms with Crippen molar-refractivity contribution in [2.75, 3.05) is 12.9 Å². The normalized spacial score (nSPS) is 10.5. The quantitative estimate of drug-likeness (QED) is 0.648. The van der Waals surface area contributed by atoms with E-state index in [1.54, 1.807) is 11.8 Å². The van der Waals surface area contributed by atoms with Gasteiger partial charge in [0.2, 0.25) is 0 Å². The Morgan fingerprint density at radius 3 is 2.69 bits per heavy atom. The molecule has 0 unspecified atom stereocenters. The van der Waals surface area contributed by atoms with Gasteiger partial charge in [-0.3, -0.25) is 0 Å². The topological polar surface area (TPSA) is 35.2 Å². The molecule has 0 aliphatic carbocycles. The molecule has 0 bridgehead atoms. The van der Waals surface area contributed by atoms with Crippen LogP contribution in [0, 0.1) is 5.92 Å². The van der Waals surface area contributed by atoms with Gasteiger partial charge >= 0.3 is 0 Å². The van der Waals surface area contributed by atoms with Gasteiger partial charge in [0.15, 0.2) is 0 Å². The van der Waals surface area contributed by atoms with Crippen molar-refractivity contribution in [3.05, 3.63) is 23.8 Å². The third-order valence-corrected chi connectivity index (χ3v) is 3.01. The van der Waals surface area contributed by atoms with Crippen LogP contribution in [-0.4, -0.2) is 17.9 Å². The summed E-state index contributed by atoms with van der Waals surface area (Å²) in [5, 5.41) is 0. The maximum Gasteiger partial charge on any atom is 0.130 e. The molecule has 16 heavy (non-hydrogen) atoms. The van der Waals surface area contributed by atoms with Gasteiger partial charge in [0.05, 0.1) is 12.2 Å². The predicted molar refractivity (Wildman–Crippen MR) is 74.4 cm³/mol. The standard InChI is InChI=1S/C12H17NOS2/c1-8(2)7-14-9-5-4-6-10(16-3)11(9)12(13)15/h4-6,8H,7H2,1-3H3,(H2,13,15). The molecule has 4 heteroatoms. The molecule has 0 saturated heterocycles. The molecule has 0 heterocycles. The molecule has 1 aromatic rings. The number of rotatable bonds is 5. The van der Waals surface area contributed by atoms with E-state index in [1.165, 1.54) is 0 Å². The molecule has 0 aliphatic heterocycles. The molecule has 0 atom stereocenters. The minimum Gasteiger partial charge on any atom is -0.493 e. The fraction of sp³-hybridized carbons (Fsp3) is 0.417. The van der Waals surface area contributed by atoms with E-state index in [9.17, 15) is 0 Å². The van der Waals surface area contributed by atoms with Crippen LogP contribution in [0.4, 0.5) is 0 Å². The van der Waals surface area contributed by atoms with E-state index < -0.39 is 0 Å². The molecule has 0 radical (unpaired) electrons. The Hall–Kier alpha value is -0.740. The van der Waals surface area contributed by atoms with Crippen LogP contribution in [0.15, 0.2) is 23.1 Å². The van der Waals surface area contributed by atoms with Crippen LogP contribution in [0.2, 0.25) is 0 Å². The SMILES string of the molecule is CSc1cccc(OCC(C)C)c1C(N)=S. The van der Waals surface area contributed by atoms with E-state index in [2.05, 4.69) is 13.8 Å². The van der Waals surface area contributed by atoms with Gasteiger partial charge < -0.3 is 10.5 Å². The number of ether oxygens (including phenoxy) is 1. The second kappa shape index (κ2) is 6.11. The van der Waals surface area contributed by atoms with Crippen molar-refractivity contribution in [3.8, 4) is 5.75 Å². The summed E-state index contributed by atoms with van der Waals surface area (Å²) >= 11 is 6.69. The molecule has 0 spiro atoms. The smallest absolute Gasteiger partial charge is 0.130 e. The molecule has 1 rings (SSSR count). The Bertz CT molecular complexity index is 377. The van der Waals surface area contributed by atoms with Crippen LogP contribution in [-0.2, 0) is 0 Å². The number of thioether (sulfide) groups is 1. The van der Waals surface area contributed by atoms with Crippen molar-refractivity contribution in [3.63, 3.8) is 0 Å². The lowest BCUT2D eigenvalue weighted by Crippen LogP contribution is -2.14. The molecular formula is C12H17NOS2. The third kappa shape index (κ3) is 3.39. The molecule has 1 aromatic carbocycles. The van der Waals surface area contributed by atoms with Crippen LogP contribution in [0.3, 0.4) is 0 Å². The number of benzene rings is 1. The van der Waals surface area contributed by atoms with Gasteiger partial charge in [-0.2, -0.15) is 0 Å². The first-order chi connectivity index (χ1) is 7.56. The molecule has 0 saturated carbocycles. The predicted octanol–water partition coefficient (Wildman–Crippen LogP) is 3.08. The second-order valence-electron chi connectivity index (χ2n) is 3.90. The molecule has 2 N–H and O–H groups in total. The highest BCUT2D eigenvalue weighted by atomic mass is 32.2. The van der Waals surface area contributed by atoms with Crippen molar-refractivity contribution >= 4 is 29.0 Å². The molecular weight excluding hydrogens is 238 g/mol. The minimum atomic E-state index is 0.392. The first-order valence-corrected chi connectivity index (χ1v) is 6.79. The molecule has 88 valence electrons. The lowest BCUT2D eigenvalue weighted by molar-refractivity contribution is 0.270. The highest BCUT2D eigenvalue weighted by molar-refractivity contribution is 7.98. The fourth-order valence-corrected chi connectivity index (χ4v) is 2.21. The zero-order valence-corrected chi connectivity index (χ0v) is 11.5. The Morgan fingerprint density at radius 1 is 1.50 bits per heavy atom. The van der Waals surface area contributed by atoms with Gasteiger partial charge in [-0.15, -0.1) is 11.8 Å². The van der Waals surface area contributed by atoms with Crippen molar-refractivity contribution in [1.82, 2.24) is 0 Å². The van der Waals surface area contributed by atoms with E-state index >= 15 is 0 Å². The van der Waals surface area contributed by atoms with Crippen molar-refractivity contribution in [1.29, 1.82) is 0 Å². The van der Waals surface area contributed by atoms with Gasteiger partial charge in [-0.05, 0) is 24.3 Å². The monoisotopic (exact) mass is 255 g/mol. The zero-order chi connectivity index (χ0) is 12.1. The number of thiocarbonyl (C=S) groups is 1. The van der Waals surface area contributed by atoms with Crippen molar-refractivity contribution in [2.24, 2.45) is 11.7 Å². The Balaban J connectivity index is 3.02. The number of nitrogens with two attached hydrogens (primary N) is 1. The summed E-state index contributed by atoms with van der Waals surface area (Å²) in [4.78, 5) is 1.46. The molecule has 0 amide bonds. The number of hydrogen-bond donors (Lipinski definition) is 1. The van der Waals surface area contributed by atoms with E-state index in [0.29, 0.717) is 17.5 Å². The van der Waals surface area contributed by atoms with Crippen LogP contribution in [0.25, 0.3) is 0 Å². The van der Waals surface area contributed by atoms with E-state index in [4.69, 9.17) is 22.7 Å². The Kier molecular flexibility index (Phi) is 5.09. The van der Waals surface area contributed by atoms with Gasteiger partial charge in [0.25, 0.3) is 0 Å². The zero-order valence-electron chi connectivity index (χ0n) is 9.82. The van der Waals surface area contributed by atoms with E-state index in [-0.39, 0.29) is 0 Å². The highest BCUT2D eigenvalue weighted by Gasteiger charge is 2.11. The average Bonchev–Trinajstić information content (AvgIpc) is 2.25. The van der Waals surface area contributed by atoms with Gasteiger partial charge in [-0.1, -0.05) is 32.1 Å². The average molecular weight is 255 g/mol. The third-order valence-electron chi connectivity index (χ3n) is 2.03. The number of hydrogen-bond acceptors (Lipinski definition) is 3. The van der Waals surface area contributed by atoms with Crippen LogP contribution in [0.1, 0.15) is 19.4 Å². The van der Waals surface area contributed by atoms with Crippen LogP contribution in [0.5, 0.6) is 5.75 Å². The van der Waals surface area contributed by atoms with Gasteiger partial charge in [-0.25, -0.2) is 0 Å². The van der Waals surface area contributed by atoms with Gasteiger partial charge in [0, 0.05) is 4.90 Å². The summed E-state index contributed by atoms with van der Waals surface area (Å²) < 4.78 is 5.72. The largest absolute Gasteiger partial charge is 0.493 e. The van der Waals surface area contributed by atoms with Crippen molar-refractivity contribution in [2.45, 2.75) is 18.7 Å². The highest BCUT2D eigenvalue weighted by Crippen LogP contribution is 2.29. The summed E-state index contributed by atoms with van der Waals surface area (Å²) in [5.41, 5.74) is 6.59. The summed E-state index contributed by atoms with van der Waals surface area (Å²) in [6.45, 7) is 4.89. The fourth-order valence-electron chi connectivity index (χ4n) is 1.30. The molecule has 2 nitrogen and oxygen atoms in total. The molecule has 0 aliphatic rings. The second-order valence-corrected chi connectivity index (χ2v) is 5.19. The Labute approximate surface area is 107 Å². The first-order valence-electron chi connectivity index (χ1n) is 5.15. The lowest BCUT2D eigenvalue weighted by atomic mass is 10.2. The van der Waals surface area contributed by atoms with E-state index in [0.717, 1.165) is 16.2 Å². The summed E-state index contributed by atoms with van der Waals surface area (Å²) in [6.07, 6.45) is 2.00.